The average molecular weight is 482 g/mol. The Morgan fingerprint density at radius 3 is 2.61 bits per heavy atom. The van der Waals surface area contributed by atoms with E-state index < -0.39 is 10.1 Å². The van der Waals surface area contributed by atoms with Gasteiger partial charge in [0.2, 0.25) is 0 Å². The van der Waals surface area contributed by atoms with Crippen molar-refractivity contribution < 1.29 is 21.8 Å². The van der Waals surface area contributed by atoms with Crippen LogP contribution in [-0.2, 0) is 14.9 Å². The molecular weight excluding hydrogens is 462 g/mol. The molecule has 4 aromatic rings. The van der Waals surface area contributed by atoms with E-state index in [4.69, 9.17) is 8.60 Å². The van der Waals surface area contributed by atoms with E-state index in [2.05, 4.69) is 15.5 Å². The van der Waals surface area contributed by atoms with Gasteiger partial charge in [0.15, 0.2) is 11.3 Å². The zero-order chi connectivity index (χ0) is 23.3. The molecule has 4 rings (SSSR count). The highest BCUT2D eigenvalue weighted by atomic mass is 32.2. The van der Waals surface area contributed by atoms with E-state index in [1.807, 2.05) is 25.1 Å². The number of rotatable bonds is 8. The van der Waals surface area contributed by atoms with Crippen molar-refractivity contribution in [1.82, 2.24) is 10.4 Å². The Labute approximate surface area is 194 Å². The Balaban J connectivity index is 1.37. The molecule has 1 aromatic heterocycles. The molecule has 0 radical (unpaired) electrons. The van der Waals surface area contributed by atoms with E-state index in [1.54, 1.807) is 36.4 Å². The van der Waals surface area contributed by atoms with Crippen molar-refractivity contribution in [3.63, 3.8) is 0 Å². The maximum Gasteiger partial charge on any atom is 0.339 e. The average Bonchev–Trinajstić information content (AvgIpc) is 3.22. The van der Waals surface area contributed by atoms with Gasteiger partial charge in [-0.15, -0.1) is 0 Å². The second kappa shape index (κ2) is 9.88. The normalized spacial score (nSPS) is 11.7. The van der Waals surface area contributed by atoms with Gasteiger partial charge >= 0.3 is 10.1 Å². The number of nitrogens with zero attached hydrogens (tertiary/aromatic N) is 2. The predicted octanol–water partition coefficient (Wildman–Crippen LogP) is 4.15. The fraction of sp³-hybridized carbons (Fsp3) is 0.0870. The molecule has 168 valence electrons. The van der Waals surface area contributed by atoms with Crippen molar-refractivity contribution >= 4 is 45.1 Å². The van der Waals surface area contributed by atoms with E-state index in [0.29, 0.717) is 16.4 Å². The van der Waals surface area contributed by atoms with Gasteiger partial charge in [0.1, 0.15) is 10.4 Å². The van der Waals surface area contributed by atoms with Crippen molar-refractivity contribution in [2.45, 2.75) is 17.0 Å². The number of carbonyl (C=O) groups is 1. The SMILES string of the molecule is Cc1ccc(S(=O)(=O)Oc2ccccc2C=NNC(=O)CSc2nc3ccccc3o2)cc1. The number of aryl methyl sites for hydroxylation is 1. The van der Waals surface area contributed by atoms with Gasteiger partial charge in [0, 0.05) is 5.56 Å². The molecule has 1 N–H and O–H groups in total. The lowest BCUT2D eigenvalue weighted by Crippen LogP contribution is -2.19. The van der Waals surface area contributed by atoms with E-state index >= 15 is 0 Å². The third-order valence-electron chi connectivity index (χ3n) is 4.42. The minimum atomic E-state index is -4.01. The van der Waals surface area contributed by atoms with Gasteiger partial charge in [-0.05, 0) is 43.3 Å². The highest BCUT2D eigenvalue weighted by Crippen LogP contribution is 2.23. The van der Waals surface area contributed by atoms with Crippen molar-refractivity contribution in [2.75, 3.05) is 5.75 Å². The molecular formula is C23H19N3O5S2. The molecule has 0 fully saturated rings. The smallest absolute Gasteiger partial charge is 0.339 e. The highest BCUT2D eigenvalue weighted by Gasteiger charge is 2.18. The number of fused-ring (bicyclic) bond motifs is 1. The highest BCUT2D eigenvalue weighted by molar-refractivity contribution is 7.99. The minimum Gasteiger partial charge on any atom is -0.431 e. The first-order chi connectivity index (χ1) is 15.9. The van der Waals surface area contributed by atoms with Gasteiger partial charge < -0.3 is 8.60 Å². The van der Waals surface area contributed by atoms with E-state index in [1.165, 1.54) is 24.4 Å². The Bertz CT molecular complexity index is 1380. The molecule has 1 amide bonds. The number of thioether (sulfide) groups is 1. The van der Waals surface area contributed by atoms with Gasteiger partial charge in [0.25, 0.3) is 11.1 Å². The molecule has 33 heavy (non-hydrogen) atoms. The van der Waals surface area contributed by atoms with Crippen LogP contribution >= 0.6 is 11.8 Å². The Morgan fingerprint density at radius 2 is 1.82 bits per heavy atom. The number of carbonyl (C=O) groups excluding carboxylic acids is 1. The molecule has 3 aromatic carbocycles. The molecule has 1 heterocycles. The molecule has 8 nitrogen and oxygen atoms in total. The summed E-state index contributed by atoms with van der Waals surface area (Å²) in [6.07, 6.45) is 1.32. The first-order valence-corrected chi connectivity index (χ1v) is 12.2. The standard InChI is InChI=1S/C23H19N3O5S2/c1-16-10-12-18(13-11-16)33(28,29)31-20-8-4-2-6-17(20)14-24-26-22(27)15-32-23-25-19-7-3-5-9-21(19)30-23/h2-14H,15H2,1H3,(H,26,27). The maximum absolute atomic E-state index is 12.6. The zero-order valence-corrected chi connectivity index (χ0v) is 19.1. The van der Waals surface area contributed by atoms with Crippen LogP contribution in [0.4, 0.5) is 0 Å². The molecule has 0 spiro atoms. The van der Waals surface area contributed by atoms with E-state index in [9.17, 15) is 13.2 Å². The van der Waals surface area contributed by atoms with E-state index in [-0.39, 0.29) is 22.3 Å². The van der Waals surface area contributed by atoms with Crippen molar-refractivity contribution in [3.8, 4) is 5.75 Å². The zero-order valence-electron chi connectivity index (χ0n) is 17.5. The number of amides is 1. The number of benzene rings is 3. The van der Waals surface area contributed by atoms with Crippen LogP contribution < -0.4 is 9.61 Å². The van der Waals surface area contributed by atoms with Crippen LogP contribution in [0.25, 0.3) is 11.1 Å². The summed E-state index contributed by atoms with van der Waals surface area (Å²) in [6.45, 7) is 1.86. The first-order valence-electron chi connectivity index (χ1n) is 9.81. The number of aromatic nitrogens is 1. The number of para-hydroxylation sites is 3. The monoisotopic (exact) mass is 481 g/mol. The summed E-state index contributed by atoms with van der Waals surface area (Å²) in [6, 6.07) is 20.2. The molecule has 0 bridgehead atoms. The molecule has 0 aliphatic heterocycles. The minimum absolute atomic E-state index is 0.0457. The Morgan fingerprint density at radius 1 is 1.09 bits per heavy atom. The fourth-order valence-corrected chi connectivity index (χ4v) is 4.37. The molecule has 0 saturated carbocycles. The van der Waals surface area contributed by atoms with Gasteiger partial charge in [0.05, 0.1) is 12.0 Å². The lowest BCUT2D eigenvalue weighted by atomic mass is 10.2. The van der Waals surface area contributed by atoms with Gasteiger partial charge in [-0.2, -0.15) is 13.5 Å². The third-order valence-corrected chi connectivity index (χ3v) is 6.50. The molecule has 0 aliphatic rings. The van der Waals surface area contributed by atoms with Gasteiger partial charge in [-0.3, -0.25) is 4.79 Å². The largest absolute Gasteiger partial charge is 0.431 e. The first kappa shape index (κ1) is 22.6. The summed E-state index contributed by atoms with van der Waals surface area (Å²) in [7, 11) is -4.01. The van der Waals surface area contributed by atoms with Crippen molar-refractivity contribution in [2.24, 2.45) is 5.10 Å². The lowest BCUT2D eigenvalue weighted by molar-refractivity contribution is -0.118. The maximum atomic E-state index is 12.6. The van der Waals surface area contributed by atoms with Crippen LogP contribution in [0.1, 0.15) is 11.1 Å². The van der Waals surface area contributed by atoms with E-state index in [0.717, 1.165) is 22.8 Å². The van der Waals surface area contributed by atoms with Crippen molar-refractivity contribution in [3.05, 3.63) is 83.9 Å². The van der Waals surface area contributed by atoms with Crippen LogP contribution in [0.15, 0.2) is 92.4 Å². The van der Waals surface area contributed by atoms with Crippen LogP contribution in [-0.4, -0.2) is 31.3 Å². The van der Waals surface area contributed by atoms with Crippen LogP contribution in [0.2, 0.25) is 0 Å². The molecule has 0 aliphatic carbocycles. The number of hydrazone groups is 1. The second-order valence-corrected chi connectivity index (χ2v) is 9.39. The summed E-state index contributed by atoms with van der Waals surface area (Å²) in [5.74, 6) is -0.231. The van der Waals surface area contributed by atoms with Crippen molar-refractivity contribution in [1.29, 1.82) is 0 Å². The molecule has 0 atom stereocenters. The predicted molar refractivity (Wildman–Crippen MR) is 126 cm³/mol. The fourth-order valence-electron chi connectivity index (χ4n) is 2.78. The molecule has 10 heteroatoms. The number of oxazole rings is 1. The Hall–Kier alpha value is -3.63. The van der Waals surface area contributed by atoms with Crippen LogP contribution in [0.5, 0.6) is 5.75 Å². The summed E-state index contributed by atoms with van der Waals surface area (Å²) >= 11 is 1.14. The third kappa shape index (κ3) is 5.79. The number of nitrogens with one attached hydrogen (secondary N) is 1. The topological polar surface area (TPSA) is 111 Å². The summed E-state index contributed by atoms with van der Waals surface area (Å²) in [4.78, 5) is 16.4. The quantitative estimate of drug-likeness (QED) is 0.174. The molecule has 0 unspecified atom stereocenters. The summed E-state index contributed by atoms with van der Waals surface area (Å²) in [5, 5.41) is 4.29. The Kier molecular flexibility index (Phi) is 6.76. The summed E-state index contributed by atoms with van der Waals surface area (Å²) in [5.41, 5.74) is 5.09. The number of hydrogen-bond acceptors (Lipinski definition) is 8. The lowest BCUT2D eigenvalue weighted by Gasteiger charge is -2.09. The van der Waals surface area contributed by atoms with Gasteiger partial charge in [-0.25, -0.2) is 10.4 Å². The van der Waals surface area contributed by atoms with Crippen LogP contribution in [0.3, 0.4) is 0 Å². The van der Waals surface area contributed by atoms with Gasteiger partial charge in [-0.1, -0.05) is 53.7 Å². The number of hydrogen-bond donors (Lipinski definition) is 1. The van der Waals surface area contributed by atoms with Crippen LogP contribution in [0, 0.1) is 6.92 Å². The second-order valence-electron chi connectivity index (χ2n) is 6.92. The molecule has 0 saturated heterocycles. The summed E-state index contributed by atoms with van der Waals surface area (Å²) < 4.78 is 36.0.